The van der Waals surface area contributed by atoms with E-state index in [9.17, 15) is 4.79 Å². The SMILES string of the molecule is Cc1cc2ccccc2cc1C(=O)c1ccc(C)c2ccccc12. The normalized spacial score (nSPS) is 11.1. The summed E-state index contributed by atoms with van der Waals surface area (Å²) in [4.78, 5) is 13.2. The monoisotopic (exact) mass is 310 g/mol. The Hall–Kier alpha value is -2.93. The molecule has 0 radical (unpaired) electrons. The molecule has 0 saturated carbocycles. The molecule has 0 heterocycles. The molecule has 4 aromatic rings. The zero-order valence-corrected chi connectivity index (χ0v) is 13.8. The van der Waals surface area contributed by atoms with E-state index in [-0.39, 0.29) is 5.78 Å². The Morgan fingerprint density at radius 1 is 0.625 bits per heavy atom. The Bertz CT molecular complexity index is 1090. The molecule has 0 N–H and O–H groups in total. The number of hydrogen-bond donors (Lipinski definition) is 0. The molecule has 116 valence electrons. The molecule has 4 rings (SSSR count). The Labute approximate surface area is 141 Å². The van der Waals surface area contributed by atoms with Crippen molar-refractivity contribution in [1.82, 2.24) is 0 Å². The number of benzene rings is 4. The van der Waals surface area contributed by atoms with E-state index in [4.69, 9.17) is 0 Å². The molecule has 0 amide bonds. The molecule has 1 heteroatoms. The number of rotatable bonds is 2. The van der Waals surface area contributed by atoms with Gasteiger partial charge in [0.05, 0.1) is 0 Å². The molecule has 0 atom stereocenters. The Morgan fingerprint density at radius 3 is 2.00 bits per heavy atom. The van der Waals surface area contributed by atoms with Crippen molar-refractivity contribution >= 4 is 27.3 Å². The highest BCUT2D eigenvalue weighted by atomic mass is 16.1. The average Bonchev–Trinajstić information content (AvgIpc) is 2.61. The van der Waals surface area contributed by atoms with Gasteiger partial charge in [0.25, 0.3) is 0 Å². The summed E-state index contributed by atoms with van der Waals surface area (Å²) in [5.41, 5.74) is 3.76. The van der Waals surface area contributed by atoms with Crippen LogP contribution in [0.3, 0.4) is 0 Å². The molecule has 0 aliphatic carbocycles. The van der Waals surface area contributed by atoms with Crippen LogP contribution in [0, 0.1) is 13.8 Å². The van der Waals surface area contributed by atoms with Gasteiger partial charge in [-0.05, 0) is 52.6 Å². The van der Waals surface area contributed by atoms with Crippen molar-refractivity contribution in [3.63, 3.8) is 0 Å². The van der Waals surface area contributed by atoms with E-state index in [2.05, 4.69) is 31.2 Å². The minimum absolute atomic E-state index is 0.0921. The second-order valence-electron chi connectivity index (χ2n) is 6.32. The molecule has 0 aromatic heterocycles. The molecule has 1 nitrogen and oxygen atoms in total. The van der Waals surface area contributed by atoms with Crippen LogP contribution in [0.5, 0.6) is 0 Å². The van der Waals surface area contributed by atoms with Gasteiger partial charge in [-0.15, -0.1) is 0 Å². The lowest BCUT2D eigenvalue weighted by molar-refractivity contribution is 0.104. The summed E-state index contributed by atoms with van der Waals surface area (Å²) < 4.78 is 0. The largest absolute Gasteiger partial charge is 0.289 e. The lowest BCUT2D eigenvalue weighted by Gasteiger charge is -2.11. The van der Waals surface area contributed by atoms with Crippen LogP contribution in [0.25, 0.3) is 21.5 Å². The van der Waals surface area contributed by atoms with Gasteiger partial charge in [0, 0.05) is 11.1 Å². The van der Waals surface area contributed by atoms with Crippen molar-refractivity contribution < 1.29 is 4.79 Å². The zero-order chi connectivity index (χ0) is 16.7. The highest BCUT2D eigenvalue weighted by Crippen LogP contribution is 2.27. The first-order valence-corrected chi connectivity index (χ1v) is 8.17. The predicted molar refractivity (Wildman–Crippen MR) is 101 cm³/mol. The second-order valence-corrected chi connectivity index (χ2v) is 6.32. The summed E-state index contributed by atoms with van der Waals surface area (Å²) in [6.45, 7) is 4.09. The maximum Gasteiger partial charge on any atom is 0.193 e. The van der Waals surface area contributed by atoms with E-state index >= 15 is 0 Å². The van der Waals surface area contributed by atoms with Gasteiger partial charge < -0.3 is 0 Å². The fourth-order valence-electron chi connectivity index (χ4n) is 3.39. The number of fused-ring (bicyclic) bond motifs is 2. The summed E-state index contributed by atoms with van der Waals surface area (Å²) in [7, 11) is 0. The lowest BCUT2D eigenvalue weighted by atomic mass is 9.91. The summed E-state index contributed by atoms with van der Waals surface area (Å²) in [5, 5.41) is 4.43. The maximum absolute atomic E-state index is 13.2. The smallest absolute Gasteiger partial charge is 0.193 e. The number of ketones is 1. The van der Waals surface area contributed by atoms with Crippen LogP contribution in [-0.4, -0.2) is 5.78 Å². The third kappa shape index (κ3) is 2.30. The number of hydrogen-bond acceptors (Lipinski definition) is 1. The number of carbonyl (C=O) groups is 1. The molecule has 4 aromatic carbocycles. The second kappa shape index (κ2) is 5.61. The first-order valence-electron chi connectivity index (χ1n) is 8.17. The van der Waals surface area contributed by atoms with Gasteiger partial charge in [0.1, 0.15) is 0 Å². The van der Waals surface area contributed by atoms with Gasteiger partial charge >= 0.3 is 0 Å². The Morgan fingerprint density at radius 2 is 1.25 bits per heavy atom. The average molecular weight is 310 g/mol. The van der Waals surface area contributed by atoms with Gasteiger partial charge in [-0.2, -0.15) is 0 Å². The Balaban J connectivity index is 1.94. The van der Waals surface area contributed by atoms with Crippen LogP contribution in [0.1, 0.15) is 27.0 Å². The fourth-order valence-corrected chi connectivity index (χ4v) is 3.39. The quantitative estimate of drug-likeness (QED) is 0.425. The molecule has 0 fully saturated rings. The lowest BCUT2D eigenvalue weighted by Crippen LogP contribution is -2.05. The molecule has 24 heavy (non-hydrogen) atoms. The zero-order valence-electron chi connectivity index (χ0n) is 13.8. The van der Waals surface area contributed by atoms with Crippen LogP contribution in [0.2, 0.25) is 0 Å². The van der Waals surface area contributed by atoms with Crippen LogP contribution >= 0.6 is 0 Å². The van der Waals surface area contributed by atoms with Crippen molar-refractivity contribution in [3.8, 4) is 0 Å². The van der Waals surface area contributed by atoms with Crippen LogP contribution in [0.4, 0.5) is 0 Å². The highest BCUT2D eigenvalue weighted by molar-refractivity contribution is 6.18. The van der Waals surface area contributed by atoms with Crippen molar-refractivity contribution in [2.45, 2.75) is 13.8 Å². The van der Waals surface area contributed by atoms with Gasteiger partial charge in [-0.1, -0.05) is 66.7 Å². The molecule has 0 saturated heterocycles. The summed E-state index contributed by atoms with van der Waals surface area (Å²) in [6.07, 6.45) is 0. The molecule has 0 aliphatic heterocycles. The van der Waals surface area contributed by atoms with Gasteiger partial charge in [0.2, 0.25) is 0 Å². The fraction of sp³-hybridized carbons (Fsp3) is 0.0870. The Kier molecular flexibility index (Phi) is 3.42. The van der Waals surface area contributed by atoms with E-state index in [0.717, 1.165) is 32.8 Å². The molecular weight excluding hydrogens is 292 g/mol. The first kappa shape index (κ1) is 14.6. The summed E-state index contributed by atoms with van der Waals surface area (Å²) in [5.74, 6) is 0.0921. The van der Waals surface area contributed by atoms with Crippen molar-refractivity contribution in [2.24, 2.45) is 0 Å². The van der Waals surface area contributed by atoms with Crippen molar-refractivity contribution in [2.75, 3.05) is 0 Å². The topological polar surface area (TPSA) is 17.1 Å². The van der Waals surface area contributed by atoms with Gasteiger partial charge in [-0.3, -0.25) is 4.79 Å². The molecule has 0 aliphatic rings. The molecular formula is C23H18O. The van der Waals surface area contributed by atoms with Gasteiger partial charge in [-0.25, -0.2) is 0 Å². The standard InChI is InChI=1S/C23H18O/c1-15-11-12-21(20-10-6-5-9-19(15)20)23(24)22-14-18-8-4-3-7-17(18)13-16(22)2/h3-14H,1-2H3. The maximum atomic E-state index is 13.2. The molecule has 0 bridgehead atoms. The summed E-state index contributed by atoms with van der Waals surface area (Å²) in [6, 6.07) is 24.4. The van der Waals surface area contributed by atoms with E-state index < -0.39 is 0 Å². The number of carbonyl (C=O) groups excluding carboxylic acids is 1. The van der Waals surface area contributed by atoms with Crippen molar-refractivity contribution in [1.29, 1.82) is 0 Å². The molecule has 0 spiro atoms. The van der Waals surface area contributed by atoms with E-state index in [1.165, 1.54) is 10.9 Å². The molecule has 0 unspecified atom stereocenters. The van der Waals surface area contributed by atoms with E-state index in [1.807, 2.05) is 55.5 Å². The van der Waals surface area contributed by atoms with Gasteiger partial charge in [0.15, 0.2) is 5.78 Å². The number of aryl methyl sites for hydroxylation is 2. The van der Waals surface area contributed by atoms with Crippen LogP contribution in [0.15, 0.2) is 72.8 Å². The summed E-state index contributed by atoms with van der Waals surface area (Å²) >= 11 is 0. The third-order valence-corrected chi connectivity index (χ3v) is 4.72. The van der Waals surface area contributed by atoms with Crippen LogP contribution in [-0.2, 0) is 0 Å². The predicted octanol–water partition coefficient (Wildman–Crippen LogP) is 5.84. The van der Waals surface area contributed by atoms with Crippen LogP contribution < -0.4 is 0 Å². The highest BCUT2D eigenvalue weighted by Gasteiger charge is 2.16. The minimum atomic E-state index is 0.0921. The van der Waals surface area contributed by atoms with E-state index in [1.54, 1.807) is 0 Å². The first-order chi connectivity index (χ1) is 11.6. The minimum Gasteiger partial charge on any atom is -0.289 e. The van der Waals surface area contributed by atoms with E-state index in [0.29, 0.717) is 0 Å². The van der Waals surface area contributed by atoms with Crippen molar-refractivity contribution in [3.05, 3.63) is 95.1 Å². The third-order valence-electron chi connectivity index (χ3n) is 4.72.